The van der Waals surface area contributed by atoms with E-state index in [-0.39, 0.29) is 18.0 Å². The maximum absolute atomic E-state index is 13.0. The molecule has 2 aromatic rings. The van der Waals surface area contributed by atoms with Gasteiger partial charge in [-0.2, -0.15) is 0 Å². The van der Waals surface area contributed by atoms with Crippen molar-refractivity contribution in [2.24, 2.45) is 0 Å². The molecule has 0 aliphatic heterocycles. The molecule has 0 saturated heterocycles. The number of hydrogen-bond donors (Lipinski definition) is 1. The second kappa shape index (κ2) is 7.56. The number of benzene rings is 1. The van der Waals surface area contributed by atoms with Gasteiger partial charge in [-0.3, -0.25) is 0 Å². The zero-order chi connectivity index (χ0) is 16.9. The number of thiophene rings is 1. The fraction of sp³-hybridized carbons (Fsp3) is 0.267. The normalized spacial score (nSPS) is 12.6. The Kier molecular flexibility index (Phi) is 5.73. The van der Waals surface area contributed by atoms with Crippen molar-refractivity contribution in [3.05, 3.63) is 52.5 Å². The molecule has 1 atom stereocenters. The molecule has 1 unspecified atom stereocenters. The Hall–Kier alpha value is -1.93. The monoisotopic (exact) mass is 357 g/mol. The largest absolute Gasteiger partial charge is 0.450 e. The second-order valence-electron chi connectivity index (χ2n) is 4.60. The van der Waals surface area contributed by atoms with Crippen molar-refractivity contribution in [3.8, 4) is 0 Å². The molecule has 1 heterocycles. The van der Waals surface area contributed by atoms with Crippen LogP contribution >= 0.6 is 11.3 Å². The van der Waals surface area contributed by atoms with E-state index in [4.69, 9.17) is 4.74 Å². The van der Waals surface area contributed by atoms with Crippen LogP contribution in [0, 0.1) is 5.82 Å². The van der Waals surface area contributed by atoms with Gasteiger partial charge in [0.25, 0.3) is 0 Å². The molecule has 0 aliphatic rings. The van der Waals surface area contributed by atoms with Crippen LogP contribution in [0.15, 0.2) is 46.7 Å². The molecule has 2 rings (SSSR count). The third-order valence-electron chi connectivity index (χ3n) is 3.08. The van der Waals surface area contributed by atoms with Gasteiger partial charge < -0.3 is 10.1 Å². The number of hydrogen-bond acceptors (Lipinski definition) is 5. The highest BCUT2D eigenvalue weighted by molar-refractivity contribution is 7.91. The number of halogens is 1. The Morgan fingerprint density at radius 2 is 2.00 bits per heavy atom. The summed E-state index contributed by atoms with van der Waals surface area (Å²) in [6, 6.07) is 8.04. The summed E-state index contributed by atoms with van der Waals surface area (Å²) in [7, 11) is -3.78. The molecule has 8 heteroatoms. The van der Waals surface area contributed by atoms with E-state index in [1.165, 1.54) is 23.5 Å². The van der Waals surface area contributed by atoms with Gasteiger partial charge in [-0.25, -0.2) is 17.6 Å². The van der Waals surface area contributed by atoms with Gasteiger partial charge in [0.05, 0.1) is 11.5 Å². The summed E-state index contributed by atoms with van der Waals surface area (Å²) in [5, 5.41) is 3.25. The number of rotatable bonds is 6. The number of amides is 1. The number of nitrogens with one attached hydrogen (secondary N) is 1. The van der Waals surface area contributed by atoms with Crippen LogP contribution in [0.5, 0.6) is 0 Å². The van der Waals surface area contributed by atoms with Crippen LogP contribution < -0.4 is 5.32 Å². The summed E-state index contributed by atoms with van der Waals surface area (Å²) in [6.07, 6.45) is -0.677. The molecular weight excluding hydrogens is 341 g/mol. The van der Waals surface area contributed by atoms with Crippen LogP contribution in [0.2, 0.25) is 0 Å². The molecule has 1 N–H and O–H groups in total. The van der Waals surface area contributed by atoms with Crippen molar-refractivity contribution in [3.63, 3.8) is 0 Å². The maximum atomic E-state index is 13.0. The number of alkyl carbamates (subject to hydrolysis) is 1. The molecule has 1 aromatic heterocycles. The van der Waals surface area contributed by atoms with Crippen LogP contribution in [0.1, 0.15) is 17.1 Å². The standard InChI is InChI=1S/C15H16FNO4S2/c1-2-21-15(18)17-10-14(13-4-3-9-22-13)23(19,20)12-7-5-11(16)6-8-12/h3-9,14H,2,10H2,1H3,(H,17,18). The lowest BCUT2D eigenvalue weighted by molar-refractivity contribution is 0.152. The topological polar surface area (TPSA) is 72.5 Å². The minimum atomic E-state index is -3.78. The molecule has 23 heavy (non-hydrogen) atoms. The molecular formula is C15H16FNO4S2. The highest BCUT2D eigenvalue weighted by atomic mass is 32.2. The van der Waals surface area contributed by atoms with Crippen LogP contribution in [0.3, 0.4) is 0 Å². The lowest BCUT2D eigenvalue weighted by Crippen LogP contribution is -2.32. The summed E-state index contributed by atoms with van der Waals surface area (Å²) in [5.41, 5.74) is 0. The van der Waals surface area contributed by atoms with E-state index in [9.17, 15) is 17.6 Å². The molecule has 1 amide bonds. The predicted molar refractivity (Wildman–Crippen MR) is 85.7 cm³/mol. The first-order valence-corrected chi connectivity index (χ1v) is 9.31. The van der Waals surface area contributed by atoms with Gasteiger partial charge in [-0.05, 0) is 42.6 Å². The average Bonchev–Trinajstić information content (AvgIpc) is 3.02. The lowest BCUT2D eigenvalue weighted by atomic mass is 10.3. The molecule has 1 aromatic carbocycles. The van der Waals surface area contributed by atoms with E-state index in [2.05, 4.69) is 5.32 Å². The Balaban J connectivity index is 2.29. The quantitative estimate of drug-likeness (QED) is 0.806. The molecule has 5 nitrogen and oxygen atoms in total. The summed E-state index contributed by atoms with van der Waals surface area (Å²) in [4.78, 5) is 12.0. The highest BCUT2D eigenvalue weighted by Crippen LogP contribution is 2.31. The minimum absolute atomic E-state index is 0.00274. The maximum Gasteiger partial charge on any atom is 0.407 e. The van der Waals surface area contributed by atoms with Gasteiger partial charge >= 0.3 is 6.09 Å². The Bertz CT molecular complexity index is 742. The first-order valence-electron chi connectivity index (χ1n) is 6.88. The van der Waals surface area contributed by atoms with Crippen LogP contribution in [0.4, 0.5) is 9.18 Å². The van der Waals surface area contributed by atoms with Crippen molar-refractivity contribution in [1.82, 2.24) is 5.32 Å². The molecule has 0 bridgehead atoms. The zero-order valence-corrected chi connectivity index (χ0v) is 14.0. The summed E-state index contributed by atoms with van der Waals surface area (Å²) < 4.78 is 43.4. The Morgan fingerprint density at radius 3 is 2.57 bits per heavy atom. The van der Waals surface area contributed by atoms with Gasteiger partial charge in [-0.1, -0.05) is 6.07 Å². The Morgan fingerprint density at radius 1 is 1.30 bits per heavy atom. The van der Waals surface area contributed by atoms with Gasteiger partial charge in [-0.15, -0.1) is 11.3 Å². The summed E-state index contributed by atoms with van der Waals surface area (Å²) >= 11 is 1.28. The van der Waals surface area contributed by atoms with Gasteiger partial charge in [0, 0.05) is 11.4 Å². The molecule has 0 aliphatic carbocycles. The molecule has 0 saturated carbocycles. The third kappa shape index (κ3) is 4.29. The fourth-order valence-corrected chi connectivity index (χ4v) is 4.77. The van der Waals surface area contributed by atoms with Crippen molar-refractivity contribution in [2.75, 3.05) is 13.2 Å². The van der Waals surface area contributed by atoms with Crippen molar-refractivity contribution in [1.29, 1.82) is 0 Å². The van der Waals surface area contributed by atoms with E-state index in [0.717, 1.165) is 12.1 Å². The molecule has 0 spiro atoms. The summed E-state index contributed by atoms with van der Waals surface area (Å²) in [6.45, 7) is 1.73. The van der Waals surface area contributed by atoms with Gasteiger partial charge in [0.15, 0.2) is 9.84 Å². The summed E-state index contributed by atoms with van der Waals surface area (Å²) in [5.74, 6) is -0.513. The zero-order valence-electron chi connectivity index (χ0n) is 12.4. The van der Waals surface area contributed by atoms with E-state index in [1.807, 2.05) is 0 Å². The Labute approximate surface area is 138 Å². The molecule has 0 fully saturated rings. The van der Waals surface area contributed by atoms with Crippen molar-refractivity contribution >= 4 is 27.3 Å². The van der Waals surface area contributed by atoms with Crippen LogP contribution in [-0.4, -0.2) is 27.7 Å². The van der Waals surface area contributed by atoms with E-state index in [1.54, 1.807) is 24.4 Å². The average molecular weight is 357 g/mol. The molecule has 124 valence electrons. The van der Waals surface area contributed by atoms with Gasteiger partial charge in [0.2, 0.25) is 0 Å². The van der Waals surface area contributed by atoms with E-state index in [0.29, 0.717) is 4.88 Å². The fourth-order valence-electron chi connectivity index (χ4n) is 1.98. The van der Waals surface area contributed by atoms with Crippen LogP contribution in [0.25, 0.3) is 0 Å². The third-order valence-corrected chi connectivity index (χ3v) is 6.32. The first kappa shape index (κ1) is 17.4. The van der Waals surface area contributed by atoms with Crippen molar-refractivity contribution < 1.29 is 22.3 Å². The van der Waals surface area contributed by atoms with E-state index < -0.39 is 27.0 Å². The SMILES string of the molecule is CCOC(=O)NCC(c1cccs1)S(=O)(=O)c1ccc(F)cc1. The lowest BCUT2D eigenvalue weighted by Gasteiger charge is -2.17. The number of ether oxygens (including phenoxy) is 1. The number of sulfone groups is 1. The van der Waals surface area contributed by atoms with Crippen molar-refractivity contribution in [2.45, 2.75) is 17.1 Å². The first-order chi connectivity index (χ1) is 10.9. The number of carbonyl (C=O) groups excluding carboxylic acids is 1. The predicted octanol–water partition coefficient (Wildman–Crippen LogP) is 3.15. The number of carbonyl (C=O) groups is 1. The second-order valence-corrected chi connectivity index (χ2v) is 7.71. The van der Waals surface area contributed by atoms with Crippen LogP contribution in [-0.2, 0) is 14.6 Å². The highest BCUT2D eigenvalue weighted by Gasteiger charge is 2.30. The smallest absolute Gasteiger partial charge is 0.407 e. The van der Waals surface area contributed by atoms with E-state index >= 15 is 0 Å². The molecule has 0 radical (unpaired) electrons. The van der Waals surface area contributed by atoms with Gasteiger partial charge in [0.1, 0.15) is 11.1 Å². The minimum Gasteiger partial charge on any atom is -0.450 e.